The van der Waals surface area contributed by atoms with Crippen LogP contribution >= 0.6 is 0 Å². The summed E-state index contributed by atoms with van der Waals surface area (Å²) in [6.07, 6.45) is 7.07. The molecule has 0 saturated heterocycles. The van der Waals surface area contributed by atoms with Crippen LogP contribution in [0.1, 0.15) is 52.9 Å². The van der Waals surface area contributed by atoms with Gasteiger partial charge in [0.2, 0.25) is 0 Å². The van der Waals surface area contributed by atoms with E-state index in [9.17, 15) is 0 Å². The minimum atomic E-state index is 0.660. The lowest BCUT2D eigenvalue weighted by Gasteiger charge is -2.29. The van der Waals surface area contributed by atoms with Crippen molar-refractivity contribution in [3.05, 3.63) is 0 Å². The molecule has 0 heterocycles. The molecule has 1 nitrogen and oxygen atoms in total. The highest BCUT2D eigenvalue weighted by Gasteiger charge is 2.19. The minimum absolute atomic E-state index is 0.660. The van der Waals surface area contributed by atoms with Gasteiger partial charge in [-0.05, 0) is 31.6 Å². The molecule has 1 heteroatoms. The van der Waals surface area contributed by atoms with E-state index in [2.05, 4.69) is 26.1 Å². The second-order valence-corrected chi connectivity index (χ2v) is 4.45. The molecule has 0 spiro atoms. The number of rotatable bonds is 3. The highest BCUT2D eigenvalue weighted by atomic mass is 14.9. The molecule has 0 atom stereocenters. The Hall–Kier alpha value is -0.0400. The van der Waals surface area contributed by atoms with Crippen LogP contribution in [0.15, 0.2) is 0 Å². The van der Waals surface area contributed by atoms with Crippen molar-refractivity contribution in [2.45, 2.75) is 65.0 Å². The fourth-order valence-electron chi connectivity index (χ4n) is 2.21. The normalized spacial score (nSPS) is 31.0. The molecule has 12 heavy (non-hydrogen) atoms. The first-order valence-corrected chi connectivity index (χ1v) is 5.48. The quantitative estimate of drug-likeness (QED) is 0.685. The van der Waals surface area contributed by atoms with Crippen LogP contribution in [0.3, 0.4) is 0 Å². The molecule has 72 valence electrons. The Morgan fingerprint density at radius 3 is 2.17 bits per heavy atom. The monoisotopic (exact) mass is 169 g/mol. The number of hydrogen-bond donors (Lipinski definition) is 1. The van der Waals surface area contributed by atoms with E-state index in [0.717, 1.165) is 12.0 Å². The SMILES string of the molecule is CC[C@H]1CC[C@@H](NC(C)C)CC1. The Labute approximate surface area is 76.9 Å². The molecular weight excluding hydrogens is 146 g/mol. The highest BCUT2D eigenvalue weighted by molar-refractivity contribution is 4.77. The van der Waals surface area contributed by atoms with Gasteiger partial charge in [0.1, 0.15) is 0 Å². The van der Waals surface area contributed by atoms with Crippen LogP contribution in [-0.4, -0.2) is 12.1 Å². The van der Waals surface area contributed by atoms with Crippen LogP contribution in [0.2, 0.25) is 0 Å². The topological polar surface area (TPSA) is 12.0 Å². The third-order valence-corrected chi connectivity index (χ3v) is 2.99. The zero-order valence-electron chi connectivity index (χ0n) is 8.77. The molecule has 0 aromatic carbocycles. The van der Waals surface area contributed by atoms with Crippen molar-refractivity contribution in [2.24, 2.45) is 5.92 Å². The van der Waals surface area contributed by atoms with Crippen LogP contribution in [0.25, 0.3) is 0 Å². The molecule has 0 radical (unpaired) electrons. The minimum Gasteiger partial charge on any atom is -0.312 e. The summed E-state index contributed by atoms with van der Waals surface area (Å²) < 4.78 is 0. The second-order valence-electron chi connectivity index (χ2n) is 4.45. The predicted molar refractivity (Wildman–Crippen MR) is 54.3 cm³/mol. The molecule has 1 aliphatic carbocycles. The first-order valence-electron chi connectivity index (χ1n) is 5.48. The van der Waals surface area contributed by atoms with Gasteiger partial charge in [0.05, 0.1) is 0 Å². The average Bonchev–Trinajstić information content (AvgIpc) is 2.05. The first-order chi connectivity index (χ1) is 5.72. The molecular formula is C11H23N. The summed E-state index contributed by atoms with van der Waals surface area (Å²) in [4.78, 5) is 0. The molecule has 0 aromatic heterocycles. The van der Waals surface area contributed by atoms with Gasteiger partial charge in [-0.2, -0.15) is 0 Å². The van der Waals surface area contributed by atoms with Crippen molar-refractivity contribution >= 4 is 0 Å². The summed E-state index contributed by atoms with van der Waals surface area (Å²) in [5, 5.41) is 3.63. The Morgan fingerprint density at radius 1 is 1.17 bits per heavy atom. The van der Waals surface area contributed by atoms with Crippen molar-refractivity contribution in [3.8, 4) is 0 Å². The van der Waals surface area contributed by atoms with E-state index in [-0.39, 0.29) is 0 Å². The lowest BCUT2D eigenvalue weighted by molar-refractivity contribution is 0.276. The molecule has 0 aliphatic heterocycles. The maximum atomic E-state index is 3.63. The van der Waals surface area contributed by atoms with E-state index in [0.29, 0.717) is 6.04 Å². The van der Waals surface area contributed by atoms with Gasteiger partial charge < -0.3 is 5.32 Å². The van der Waals surface area contributed by atoms with Gasteiger partial charge in [0.15, 0.2) is 0 Å². The Morgan fingerprint density at radius 2 is 1.75 bits per heavy atom. The molecule has 0 bridgehead atoms. The van der Waals surface area contributed by atoms with E-state index in [4.69, 9.17) is 0 Å². The second kappa shape index (κ2) is 4.86. The van der Waals surface area contributed by atoms with E-state index in [1.165, 1.54) is 32.1 Å². The maximum Gasteiger partial charge on any atom is 0.00696 e. The van der Waals surface area contributed by atoms with Crippen LogP contribution in [-0.2, 0) is 0 Å². The molecule has 1 rings (SSSR count). The van der Waals surface area contributed by atoms with Gasteiger partial charge >= 0.3 is 0 Å². The van der Waals surface area contributed by atoms with Crippen LogP contribution in [0, 0.1) is 5.92 Å². The van der Waals surface area contributed by atoms with Gasteiger partial charge in [-0.25, -0.2) is 0 Å². The molecule has 0 aromatic rings. The summed E-state index contributed by atoms with van der Waals surface area (Å²) in [6.45, 7) is 6.80. The number of hydrogen-bond acceptors (Lipinski definition) is 1. The standard InChI is InChI=1S/C11H23N/c1-4-10-5-7-11(8-6-10)12-9(2)3/h9-12H,4-8H2,1-3H3/t10-,11+. The maximum absolute atomic E-state index is 3.63. The Bertz CT molecular complexity index is 112. The van der Waals surface area contributed by atoms with Crippen molar-refractivity contribution < 1.29 is 0 Å². The van der Waals surface area contributed by atoms with E-state index < -0.39 is 0 Å². The van der Waals surface area contributed by atoms with Crippen LogP contribution in [0.5, 0.6) is 0 Å². The van der Waals surface area contributed by atoms with Gasteiger partial charge in [0, 0.05) is 12.1 Å². The fourth-order valence-corrected chi connectivity index (χ4v) is 2.21. The van der Waals surface area contributed by atoms with E-state index >= 15 is 0 Å². The predicted octanol–water partition coefficient (Wildman–Crippen LogP) is 2.95. The summed E-state index contributed by atoms with van der Waals surface area (Å²) >= 11 is 0. The molecule has 1 fully saturated rings. The average molecular weight is 169 g/mol. The first kappa shape index (κ1) is 10.0. The third kappa shape index (κ3) is 3.14. The summed E-state index contributed by atoms with van der Waals surface area (Å²) in [6, 6.07) is 1.47. The smallest absolute Gasteiger partial charge is 0.00696 e. The van der Waals surface area contributed by atoms with Crippen molar-refractivity contribution in [1.82, 2.24) is 5.32 Å². The largest absolute Gasteiger partial charge is 0.312 e. The molecule has 1 N–H and O–H groups in total. The zero-order chi connectivity index (χ0) is 8.97. The van der Waals surface area contributed by atoms with Crippen molar-refractivity contribution in [2.75, 3.05) is 0 Å². The Balaban J connectivity index is 2.17. The van der Waals surface area contributed by atoms with E-state index in [1.54, 1.807) is 0 Å². The lowest BCUT2D eigenvalue weighted by atomic mass is 9.84. The highest BCUT2D eigenvalue weighted by Crippen LogP contribution is 2.26. The Kier molecular flexibility index (Phi) is 4.07. The third-order valence-electron chi connectivity index (χ3n) is 2.99. The van der Waals surface area contributed by atoms with Crippen molar-refractivity contribution in [3.63, 3.8) is 0 Å². The molecule has 0 unspecified atom stereocenters. The van der Waals surface area contributed by atoms with Crippen LogP contribution in [0.4, 0.5) is 0 Å². The molecule has 1 saturated carbocycles. The summed E-state index contributed by atoms with van der Waals surface area (Å²) in [5.41, 5.74) is 0. The zero-order valence-corrected chi connectivity index (χ0v) is 8.77. The van der Waals surface area contributed by atoms with Gasteiger partial charge in [-0.15, -0.1) is 0 Å². The van der Waals surface area contributed by atoms with Crippen molar-refractivity contribution in [1.29, 1.82) is 0 Å². The molecule has 0 amide bonds. The summed E-state index contributed by atoms with van der Waals surface area (Å²) in [5.74, 6) is 1.02. The van der Waals surface area contributed by atoms with Gasteiger partial charge in [0.25, 0.3) is 0 Å². The number of nitrogens with one attached hydrogen (secondary N) is 1. The van der Waals surface area contributed by atoms with E-state index in [1.807, 2.05) is 0 Å². The lowest BCUT2D eigenvalue weighted by Crippen LogP contribution is -2.37. The van der Waals surface area contributed by atoms with Gasteiger partial charge in [-0.3, -0.25) is 0 Å². The summed E-state index contributed by atoms with van der Waals surface area (Å²) in [7, 11) is 0. The van der Waals surface area contributed by atoms with Crippen LogP contribution < -0.4 is 5.32 Å². The fraction of sp³-hybridized carbons (Fsp3) is 1.00. The van der Waals surface area contributed by atoms with Gasteiger partial charge in [-0.1, -0.05) is 27.2 Å². The molecule has 1 aliphatic rings.